The molecule has 0 radical (unpaired) electrons. The molecule has 7 heteroatoms. The van der Waals surface area contributed by atoms with E-state index in [1.165, 1.54) is 6.07 Å². The van der Waals surface area contributed by atoms with E-state index in [1.807, 2.05) is 40.1 Å². The lowest BCUT2D eigenvalue weighted by atomic mass is 9.89. The Hall–Kier alpha value is -2.93. The topological polar surface area (TPSA) is 53.1 Å². The molecular formula is C25H30FN3O3. The summed E-state index contributed by atoms with van der Waals surface area (Å²) in [5.41, 5.74) is 1.32. The number of anilines is 1. The Morgan fingerprint density at radius 2 is 1.59 bits per heavy atom. The molecule has 2 aliphatic rings. The van der Waals surface area contributed by atoms with Gasteiger partial charge in [0.15, 0.2) is 5.78 Å². The van der Waals surface area contributed by atoms with Crippen LogP contribution in [-0.4, -0.2) is 74.4 Å². The molecule has 2 aromatic rings. The Kier molecular flexibility index (Phi) is 7.05. The molecule has 0 aromatic heterocycles. The molecule has 0 N–H and O–H groups in total. The van der Waals surface area contributed by atoms with Gasteiger partial charge in [-0.3, -0.25) is 14.5 Å². The number of piperidine rings is 1. The minimum atomic E-state index is -0.223. The van der Waals surface area contributed by atoms with Crippen molar-refractivity contribution < 1.29 is 18.7 Å². The number of nitrogens with zero attached hydrogens (tertiary/aromatic N) is 3. The van der Waals surface area contributed by atoms with Crippen molar-refractivity contribution >= 4 is 17.4 Å². The summed E-state index contributed by atoms with van der Waals surface area (Å²) >= 11 is 0. The molecule has 0 saturated carbocycles. The first kappa shape index (κ1) is 22.3. The number of ketones is 1. The molecule has 2 aromatic carbocycles. The van der Waals surface area contributed by atoms with Crippen LogP contribution >= 0.6 is 0 Å². The lowest BCUT2D eigenvalue weighted by Gasteiger charge is -2.38. The minimum absolute atomic E-state index is 0.000870. The number of amides is 1. The highest BCUT2D eigenvalue weighted by Crippen LogP contribution is 2.24. The Morgan fingerprint density at radius 1 is 0.938 bits per heavy atom. The van der Waals surface area contributed by atoms with E-state index in [1.54, 1.807) is 19.2 Å². The van der Waals surface area contributed by atoms with E-state index in [4.69, 9.17) is 4.74 Å². The zero-order chi connectivity index (χ0) is 22.5. The number of ether oxygens (including phenoxy) is 1. The summed E-state index contributed by atoms with van der Waals surface area (Å²) in [6.45, 7) is 4.32. The van der Waals surface area contributed by atoms with Gasteiger partial charge in [-0.15, -0.1) is 0 Å². The second kappa shape index (κ2) is 10.1. The second-order valence-corrected chi connectivity index (χ2v) is 8.46. The van der Waals surface area contributed by atoms with Crippen molar-refractivity contribution in [3.05, 3.63) is 59.9 Å². The van der Waals surface area contributed by atoms with E-state index in [2.05, 4.69) is 4.90 Å². The fourth-order valence-electron chi connectivity index (χ4n) is 4.54. The first-order chi connectivity index (χ1) is 15.5. The molecule has 2 saturated heterocycles. The van der Waals surface area contributed by atoms with Crippen LogP contribution in [-0.2, 0) is 4.79 Å². The average Bonchev–Trinajstić information content (AvgIpc) is 2.84. The number of piperazine rings is 1. The van der Waals surface area contributed by atoms with E-state index < -0.39 is 0 Å². The lowest BCUT2D eigenvalue weighted by molar-refractivity contribution is -0.133. The SMILES string of the molecule is COc1ccc(C(=O)C2CCN(CC(=O)N3CCN(c4ccccc4F)CC3)CC2)cc1. The van der Waals surface area contributed by atoms with Crippen molar-refractivity contribution in [2.24, 2.45) is 5.92 Å². The maximum atomic E-state index is 14.0. The summed E-state index contributed by atoms with van der Waals surface area (Å²) in [5, 5.41) is 0. The normalized spacial score (nSPS) is 17.9. The Labute approximate surface area is 188 Å². The molecule has 32 heavy (non-hydrogen) atoms. The van der Waals surface area contributed by atoms with Crippen LogP contribution in [0.5, 0.6) is 5.75 Å². The highest BCUT2D eigenvalue weighted by Gasteiger charge is 2.29. The number of hydrogen-bond acceptors (Lipinski definition) is 5. The first-order valence-electron chi connectivity index (χ1n) is 11.2. The zero-order valence-corrected chi connectivity index (χ0v) is 18.5. The van der Waals surface area contributed by atoms with Gasteiger partial charge < -0.3 is 14.5 Å². The quantitative estimate of drug-likeness (QED) is 0.648. The van der Waals surface area contributed by atoms with Gasteiger partial charge in [0.2, 0.25) is 5.91 Å². The van der Waals surface area contributed by atoms with Crippen LogP contribution < -0.4 is 9.64 Å². The van der Waals surface area contributed by atoms with Crippen LogP contribution in [0.25, 0.3) is 0 Å². The van der Waals surface area contributed by atoms with Crippen LogP contribution in [0.15, 0.2) is 48.5 Å². The number of benzene rings is 2. The van der Waals surface area contributed by atoms with Crippen molar-refractivity contribution in [3.8, 4) is 5.75 Å². The number of methoxy groups -OCH3 is 1. The Morgan fingerprint density at radius 3 is 2.22 bits per heavy atom. The standard InChI is InChI=1S/C25H30FN3O3/c1-32-21-8-6-19(7-9-21)25(31)20-10-12-27(13-11-20)18-24(30)29-16-14-28(15-17-29)23-5-3-2-4-22(23)26/h2-9,20H,10-18H2,1H3. The van der Waals surface area contributed by atoms with Gasteiger partial charge in [-0.2, -0.15) is 0 Å². The molecule has 1 amide bonds. The van der Waals surface area contributed by atoms with Gasteiger partial charge >= 0.3 is 0 Å². The maximum absolute atomic E-state index is 14.0. The number of rotatable bonds is 6. The summed E-state index contributed by atoms with van der Waals surface area (Å²) in [5.74, 6) is 0.795. The maximum Gasteiger partial charge on any atom is 0.236 e. The number of hydrogen-bond donors (Lipinski definition) is 0. The van der Waals surface area contributed by atoms with Crippen LogP contribution in [0.3, 0.4) is 0 Å². The molecule has 170 valence electrons. The number of carbonyl (C=O) groups is 2. The molecule has 0 aliphatic carbocycles. The summed E-state index contributed by atoms with van der Waals surface area (Å²) < 4.78 is 19.2. The lowest BCUT2D eigenvalue weighted by Crippen LogP contribution is -2.52. The zero-order valence-electron chi connectivity index (χ0n) is 18.5. The van der Waals surface area contributed by atoms with Gasteiger partial charge in [0.05, 0.1) is 19.3 Å². The van der Waals surface area contributed by atoms with E-state index in [9.17, 15) is 14.0 Å². The number of Topliss-reactive ketones (excluding diaryl/α,β-unsaturated/α-hetero) is 1. The Balaban J connectivity index is 1.22. The third kappa shape index (κ3) is 5.10. The largest absolute Gasteiger partial charge is 0.497 e. The molecule has 0 unspecified atom stereocenters. The van der Waals surface area contributed by atoms with E-state index in [0.717, 1.165) is 31.7 Å². The van der Waals surface area contributed by atoms with Gasteiger partial charge in [-0.25, -0.2) is 4.39 Å². The van der Waals surface area contributed by atoms with Gasteiger partial charge in [-0.05, 0) is 62.3 Å². The fraction of sp³-hybridized carbons (Fsp3) is 0.440. The van der Waals surface area contributed by atoms with Crippen molar-refractivity contribution in [2.75, 3.05) is 57.8 Å². The number of para-hydroxylation sites is 1. The second-order valence-electron chi connectivity index (χ2n) is 8.46. The molecular weight excluding hydrogens is 409 g/mol. The average molecular weight is 440 g/mol. The third-order valence-corrected chi connectivity index (χ3v) is 6.52. The van der Waals surface area contributed by atoms with E-state index in [-0.39, 0.29) is 23.4 Å². The predicted molar refractivity (Wildman–Crippen MR) is 122 cm³/mol. The molecule has 2 heterocycles. The highest BCUT2D eigenvalue weighted by atomic mass is 19.1. The van der Waals surface area contributed by atoms with E-state index >= 15 is 0 Å². The summed E-state index contributed by atoms with van der Waals surface area (Å²) in [6.07, 6.45) is 1.53. The molecule has 0 atom stereocenters. The molecule has 4 rings (SSSR count). The molecule has 6 nitrogen and oxygen atoms in total. The van der Waals surface area contributed by atoms with Gasteiger partial charge in [0.1, 0.15) is 11.6 Å². The van der Waals surface area contributed by atoms with Gasteiger partial charge in [0, 0.05) is 37.7 Å². The van der Waals surface area contributed by atoms with Crippen molar-refractivity contribution in [1.29, 1.82) is 0 Å². The predicted octanol–water partition coefficient (Wildman–Crippen LogP) is 3.08. The monoisotopic (exact) mass is 439 g/mol. The highest BCUT2D eigenvalue weighted by molar-refractivity contribution is 5.98. The smallest absolute Gasteiger partial charge is 0.236 e. The summed E-state index contributed by atoms with van der Waals surface area (Å²) in [7, 11) is 1.61. The summed E-state index contributed by atoms with van der Waals surface area (Å²) in [6, 6.07) is 14.0. The van der Waals surface area contributed by atoms with Gasteiger partial charge in [0.25, 0.3) is 0 Å². The molecule has 2 fully saturated rings. The van der Waals surface area contributed by atoms with Crippen LogP contribution in [0, 0.1) is 11.7 Å². The van der Waals surface area contributed by atoms with E-state index in [0.29, 0.717) is 44.0 Å². The minimum Gasteiger partial charge on any atom is -0.497 e. The van der Waals surface area contributed by atoms with Crippen molar-refractivity contribution in [3.63, 3.8) is 0 Å². The number of carbonyl (C=O) groups excluding carboxylic acids is 2. The third-order valence-electron chi connectivity index (χ3n) is 6.52. The van der Waals surface area contributed by atoms with Crippen molar-refractivity contribution in [1.82, 2.24) is 9.80 Å². The van der Waals surface area contributed by atoms with Crippen molar-refractivity contribution in [2.45, 2.75) is 12.8 Å². The van der Waals surface area contributed by atoms with Crippen LogP contribution in [0.4, 0.5) is 10.1 Å². The number of likely N-dealkylation sites (tertiary alicyclic amines) is 1. The number of halogens is 1. The molecule has 2 aliphatic heterocycles. The first-order valence-corrected chi connectivity index (χ1v) is 11.2. The van der Waals surface area contributed by atoms with Crippen LogP contribution in [0.2, 0.25) is 0 Å². The van der Waals surface area contributed by atoms with Crippen LogP contribution in [0.1, 0.15) is 23.2 Å². The Bertz CT molecular complexity index is 934. The molecule has 0 spiro atoms. The van der Waals surface area contributed by atoms with Gasteiger partial charge in [-0.1, -0.05) is 12.1 Å². The molecule has 0 bridgehead atoms. The fourth-order valence-corrected chi connectivity index (χ4v) is 4.54. The summed E-state index contributed by atoms with van der Waals surface area (Å²) in [4.78, 5) is 31.6.